The number of halogens is 1. The average molecular weight is 327 g/mol. The van der Waals surface area contributed by atoms with Gasteiger partial charge in [0, 0.05) is 11.4 Å². The fraction of sp³-hybridized carbons (Fsp3) is 0.533. The van der Waals surface area contributed by atoms with Gasteiger partial charge in [0.05, 0.1) is 29.5 Å². The summed E-state index contributed by atoms with van der Waals surface area (Å²) in [6.45, 7) is 4.90. The molecule has 116 valence electrons. The van der Waals surface area contributed by atoms with Crippen LogP contribution in [0.2, 0.25) is 5.02 Å². The first-order valence-electron chi connectivity index (χ1n) is 7.26. The van der Waals surface area contributed by atoms with Crippen LogP contribution in [0.3, 0.4) is 0 Å². The van der Waals surface area contributed by atoms with Crippen LogP contribution < -0.4 is 5.32 Å². The van der Waals surface area contributed by atoms with Gasteiger partial charge >= 0.3 is 0 Å². The van der Waals surface area contributed by atoms with Crippen molar-refractivity contribution in [3.05, 3.63) is 39.3 Å². The number of thiophene rings is 1. The Hall–Kier alpha value is -0.880. The fourth-order valence-electron chi connectivity index (χ4n) is 2.21. The monoisotopic (exact) mass is 326 g/mol. The predicted molar refractivity (Wildman–Crippen MR) is 90.2 cm³/mol. The van der Waals surface area contributed by atoms with Crippen molar-refractivity contribution in [2.45, 2.75) is 25.9 Å². The van der Waals surface area contributed by atoms with Gasteiger partial charge in [-0.05, 0) is 38.5 Å². The van der Waals surface area contributed by atoms with Crippen LogP contribution in [0.5, 0.6) is 0 Å². The minimum Gasteiger partial charge on any atom is -0.308 e. The Morgan fingerprint density at radius 1 is 1.48 bits per heavy atom. The van der Waals surface area contributed by atoms with Gasteiger partial charge in [0.15, 0.2) is 0 Å². The molecule has 2 aromatic rings. The van der Waals surface area contributed by atoms with Crippen LogP contribution in [0.15, 0.2) is 23.7 Å². The number of nitrogens with one attached hydrogen (secondary N) is 1. The SMILES string of the molecule is CCCNC(c1cccs1)c1c(Cl)cnn1CCN(C)C. The van der Waals surface area contributed by atoms with Gasteiger partial charge in [-0.2, -0.15) is 5.10 Å². The Labute approximate surface area is 135 Å². The highest BCUT2D eigenvalue weighted by Crippen LogP contribution is 2.30. The van der Waals surface area contributed by atoms with Crippen molar-refractivity contribution < 1.29 is 0 Å². The standard InChI is InChI=1S/C15H23ClN4S/c1-4-7-17-14(13-6-5-10-21-13)15-12(16)11-18-20(15)9-8-19(2)3/h5-6,10-11,14,17H,4,7-9H2,1-3H3. The Bertz CT molecular complexity index is 536. The highest BCUT2D eigenvalue weighted by Gasteiger charge is 2.22. The van der Waals surface area contributed by atoms with Gasteiger partial charge in [-0.25, -0.2) is 0 Å². The van der Waals surface area contributed by atoms with Crippen LogP contribution in [0.25, 0.3) is 0 Å². The van der Waals surface area contributed by atoms with Gasteiger partial charge in [-0.3, -0.25) is 4.68 Å². The summed E-state index contributed by atoms with van der Waals surface area (Å²) in [5, 5.41) is 10.9. The lowest BCUT2D eigenvalue weighted by atomic mass is 10.1. The quantitative estimate of drug-likeness (QED) is 0.808. The molecular weight excluding hydrogens is 304 g/mol. The average Bonchev–Trinajstić information content (AvgIpc) is 3.09. The number of hydrogen-bond acceptors (Lipinski definition) is 4. The third-order valence-corrected chi connectivity index (χ3v) is 4.52. The number of hydrogen-bond donors (Lipinski definition) is 1. The van der Waals surface area contributed by atoms with Crippen LogP contribution in [-0.4, -0.2) is 41.9 Å². The normalized spacial score (nSPS) is 13.0. The van der Waals surface area contributed by atoms with Gasteiger partial charge in [0.25, 0.3) is 0 Å². The third-order valence-electron chi connectivity index (χ3n) is 3.29. The topological polar surface area (TPSA) is 33.1 Å². The molecule has 0 fully saturated rings. The second kappa shape index (κ2) is 7.94. The molecule has 2 aromatic heterocycles. The van der Waals surface area contributed by atoms with Crippen molar-refractivity contribution in [3.63, 3.8) is 0 Å². The summed E-state index contributed by atoms with van der Waals surface area (Å²) in [5.41, 5.74) is 1.06. The van der Waals surface area contributed by atoms with Crippen LogP contribution in [0.4, 0.5) is 0 Å². The van der Waals surface area contributed by atoms with Gasteiger partial charge in [-0.15, -0.1) is 11.3 Å². The maximum Gasteiger partial charge on any atom is 0.0857 e. The van der Waals surface area contributed by atoms with E-state index in [2.05, 4.69) is 53.8 Å². The Morgan fingerprint density at radius 3 is 2.90 bits per heavy atom. The summed E-state index contributed by atoms with van der Waals surface area (Å²) in [5.74, 6) is 0. The molecule has 0 aliphatic rings. The molecule has 2 rings (SSSR count). The first-order valence-corrected chi connectivity index (χ1v) is 8.52. The molecule has 0 saturated heterocycles. The van der Waals surface area contributed by atoms with Gasteiger partial charge in [0.2, 0.25) is 0 Å². The molecule has 1 atom stereocenters. The van der Waals surface area contributed by atoms with Crippen LogP contribution in [-0.2, 0) is 6.54 Å². The molecule has 0 aromatic carbocycles. The van der Waals surface area contributed by atoms with E-state index in [9.17, 15) is 0 Å². The number of nitrogens with zero attached hydrogens (tertiary/aromatic N) is 3. The van der Waals surface area contributed by atoms with E-state index in [4.69, 9.17) is 11.6 Å². The summed E-state index contributed by atoms with van der Waals surface area (Å²) in [6, 6.07) is 4.34. The zero-order valence-electron chi connectivity index (χ0n) is 12.8. The molecule has 4 nitrogen and oxygen atoms in total. The van der Waals surface area contributed by atoms with Crippen molar-refractivity contribution in [2.24, 2.45) is 0 Å². The molecule has 0 aliphatic carbocycles. The summed E-state index contributed by atoms with van der Waals surface area (Å²) in [6.07, 6.45) is 2.84. The molecule has 2 heterocycles. The summed E-state index contributed by atoms with van der Waals surface area (Å²) in [7, 11) is 4.13. The highest BCUT2D eigenvalue weighted by molar-refractivity contribution is 7.10. The highest BCUT2D eigenvalue weighted by atomic mass is 35.5. The third kappa shape index (κ3) is 4.30. The molecule has 0 bridgehead atoms. The maximum atomic E-state index is 6.42. The molecular formula is C15H23ClN4S. The molecule has 0 aliphatic heterocycles. The predicted octanol–water partition coefficient (Wildman–Crippen LogP) is 3.25. The minimum absolute atomic E-state index is 0.113. The van der Waals surface area contributed by atoms with Gasteiger partial charge < -0.3 is 10.2 Å². The van der Waals surface area contributed by atoms with E-state index in [0.29, 0.717) is 0 Å². The minimum atomic E-state index is 0.113. The van der Waals surface area contributed by atoms with E-state index in [1.807, 2.05) is 4.68 Å². The molecule has 1 unspecified atom stereocenters. The lowest BCUT2D eigenvalue weighted by molar-refractivity contribution is 0.365. The molecule has 0 radical (unpaired) electrons. The number of aromatic nitrogens is 2. The van der Waals surface area contributed by atoms with Gasteiger partial charge in [0.1, 0.15) is 0 Å². The van der Waals surface area contributed by atoms with Crippen molar-refractivity contribution in [2.75, 3.05) is 27.2 Å². The Balaban J connectivity index is 2.28. The van der Waals surface area contributed by atoms with Crippen LogP contribution >= 0.6 is 22.9 Å². The first kappa shape index (κ1) is 16.5. The smallest absolute Gasteiger partial charge is 0.0857 e. The summed E-state index contributed by atoms with van der Waals surface area (Å²) in [4.78, 5) is 3.43. The van der Waals surface area contributed by atoms with Crippen molar-refractivity contribution >= 4 is 22.9 Å². The largest absolute Gasteiger partial charge is 0.308 e. The lowest BCUT2D eigenvalue weighted by Gasteiger charge is -2.20. The van der Waals surface area contributed by atoms with E-state index in [0.717, 1.165) is 36.8 Å². The molecule has 0 saturated carbocycles. The molecule has 21 heavy (non-hydrogen) atoms. The van der Waals surface area contributed by atoms with E-state index < -0.39 is 0 Å². The Morgan fingerprint density at radius 2 is 2.29 bits per heavy atom. The van der Waals surface area contributed by atoms with Crippen molar-refractivity contribution in [1.82, 2.24) is 20.0 Å². The Kier molecular flexibility index (Phi) is 6.23. The molecule has 0 spiro atoms. The van der Waals surface area contributed by atoms with Crippen molar-refractivity contribution in [1.29, 1.82) is 0 Å². The van der Waals surface area contributed by atoms with E-state index in [1.54, 1.807) is 17.5 Å². The van der Waals surface area contributed by atoms with E-state index in [-0.39, 0.29) is 6.04 Å². The second-order valence-corrected chi connectivity index (χ2v) is 6.69. The van der Waals surface area contributed by atoms with Crippen LogP contribution in [0, 0.1) is 0 Å². The zero-order valence-corrected chi connectivity index (χ0v) is 14.4. The van der Waals surface area contributed by atoms with Crippen molar-refractivity contribution in [3.8, 4) is 0 Å². The first-order chi connectivity index (χ1) is 10.1. The van der Waals surface area contributed by atoms with Gasteiger partial charge in [-0.1, -0.05) is 24.6 Å². The van der Waals surface area contributed by atoms with E-state index >= 15 is 0 Å². The number of rotatable bonds is 8. The zero-order chi connectivity index (χ0) is 15.2. The van der Waals surface area contributed by atoms with Crippen LogP contribution in [0.1, 0.15) is 30.0 Å². The summed E-state index contributed by atoms with van der Waals surface area (Å²) < 4.78 is 2.02. The van der Waals surface area contributed by atoms with E-state index in [1.165, 1.54) is 4.88 Å². The fourth-order valence-corrected chi connectivity index (χ4v) is 3.26. The maximum absolute atomic E-state index is 6.42. The molecule has 6 heteroatoms. The number of likely N-dealkylation sites (N-methyl/N-ethyl adjacent to an activating group) is 1. The summed E-state index contributed by atoms with van der Waals surface area (Å²) >= 11 is 8.17. The molecule has 0 amide bonds. The lowest BCUT2D eigenvalue weighted by Crippen LogP contribution is -2.27. The second-order valence-electron chi connectivity index (χ2n) is 5.31. The molecule has 1 N–H and O–H groups in total.